The quantitative estimate of drug-likeness (QED) is 0.889. The summed E-state index contributed by atoms with van der Waals surface area (Å²) in [5.74, 6) is -0.103. The second-order valence-corrected chi connectivity index (χ2v) is 7.70. The lowest BCUT2D eigenvalue weighted by Gasteiger charge is -2.35. The van der Waals surface area contributed by atoms with Crippen LogP contribution in [0, 0.1) is 5.41 Å². The number of likely N-dealkylation sites (tertiary alicyclic amines) is 1. The SMILES string of the molecule is CC(C)(C)CNC(=O)c1ccc(C(=O)N2CCCCC2CN)cc1. The first-order chi connectivity index (χ1) is 11.3. The number of nitrogens with two attached hydrogens (primary N) is 1. The highest BCUT2D eigenvalue weighted by molar-refractivity contribution is 5.98. The molecule has 1 aliphatic heterocycles. The third kappa shape index (κ3) is 4.81. The fourth-order valence-corrected chi connectivity index (χ4v) is 2.89. The van der Waals surface area contributed by atoms with E-state index < -0.39 is 0 Å². The number of hydrogen-bond acceptors (Lipinski definition) is 3. The van der Waals surface area contributed by atoms with Crippen LogP contribution in [-0.4, -0.2) is 42.4 Å². The predicted molar refractivity (Wildman–Crippen MR) is 96.0 cm³/mol. The summed E-state index contributed by atoms with van der Waals surface area (Å²) in [7, 11) is 0. The van der Waals surface area contributed by atoms with Crippen LogP contribution >= 0.6 is 0 Å². The van der Waals surface area contributed by atoms with Crippen molar-refractivity contribution >= 4 is 11.8 Å². The zero-order valence-corrected chi connectivity index (χ0v) is 15.0. The molecule has 0 aliphatic carbocycles. The lowest BCUT2D eigenvalue weighted by atomic mass is 9.97. The molecule has 132 valence electrons. The Kier molecular flexibility index (Phi) is 5.99. The van der Waals surface area contributed by atoms with Gasteiger partial charge in [-0.3, -0.25) is 9.59 Å². The number of hydrogen-bond donors (Lipinski definition) is 2. The van der Waals surface area contributed by atoms with Crippen molar-refractivity contribution in [1.82, 2.24) is 10.2 Å². The number of carbonyl (C=O) groups excluding carboxylic acids is 2. The monoisotopic (exact) mass is 331 g/mol. The Hall–Kier alpha value is -1.88. The van der Waals surface area contributed by atoms with Gasteiger partial charge in [0.15, 0.2) is 0 Å². The van der Waals surface area contributed by atoms with Gasteiger partial charge in [0.05, 0.1) is 0 Å². The Morgan fingerprint density at radius 3 is 2.38 bits per heavy atom. The Labute approximate surface area is 144 Å². The molecule has 1 aromatic carbocycles. The molecule has 5 nitrogen and oxygen atoms in total. The summed E-state index contributed by atoms with van der Waals surface area (Å²) in [4.78, 5) is 26.7. The molecule has 0 spiro atoms. The maximum Gasteiger partial charge on any atom is 0.254 e. The molecule has 1 fully saturated rings. The van der Waals surface area contributed by atoms with Crippen LogP contribution in [0.2, 0.25) is 0 Å². The molecule has 1 saturated heterocycles. The molecule has 2 amide bonds. The van der Waals surface area contributed by atoms with Crippen LogP contribution in [0.5, 0.6) is 0 Å². The minimum absolute atomic E-state index is 0.00630. The lowest BCUT2D eigenvalue weighted by Crippen LogP contribution is -2.47. The first-order valence-corrected chi connectivity index (χ1v) is 8.71. The average molecular weight is 331 g/mol. The zero-order valence-electron chi connectivity index (χ0n) is 15.0. The number of nitrogens with zero attached hydrogens (tertiary/aromatic N) is 1. The van der Waals surface area contributed by atoms with Gasteiger partial charge in [0.25, 0.3) is 11.8 Å². The van der Waals surface area contributed by atoms with Crippen molar-refractivity contribution in [1.29, 1.82) is 0 Å². The number of piperidine rings is 1. The second kappa shape index (κ2) is 7.79. The van der Waals surface area contributed by atoms with Gasteiger partial charge in [-0.05, 0) is 48.9 Å². The fourth-order valence-electron chi connectivity index (χ4n) is 2.89. The van der Waals surface area contributed by atoms with Crippen molar-refractivity contribution in [3.8, 4) is 0 Å². The summed E-state index contributed by atoms with van der Waals surface area (Å²) >= 11 is 0. The molecular formula is C19H29N3O2. The van der Waals surface area contributed by atoms with E-state index in [9.17, 15) is 9.59 Å². The van der Waals surface area contributed by atoms with Crippen molar-refractivity contribution in [2.45, 2.75) is 46.1 Å². The Bertz CT molecular complexity index is 575. The van der Waals surface area contributed by atoms with Gasteiger partial charge in [0.2, 0.25) is 0 Å². The Morgan fingerprint density at radius 2 is 1.79 bits per heavy atom. The number of carbonyl (C=O) groups is 2. The summed E-state index contributed by atoms with van der Waals surface area (Å²) in [5, 5.41) is 2.92. The smallest absolute Gasteiger partial charge is 0.254 e. The molecule has 0 bridgehead atoms. The van der Waals surface area contributed by atoms with E-state index in [1.807, 2.05) is 4.90 Å². The van der Waals surface area contributed by atoms with Crippen LogP contribution in [0.15, 0.2) is 24.3 Å². The van der Waals surface area contributed by atoms with E-state index in [1.165, 1.54) is 0 Å². The molecule has 2 rings (SSSR count). The highest BCUT2D eigenvalue weighted by Crippen LogP contribution is 2.19. The van der Waals surface area contributed by atoms with Crippen LogP contribution in [0.25, 0.3) is 0 Å². The topological polar surface area (TPSA) is 75.4 Å². The summed E-state index contributed by atoms with van der Waals surface area (Å²) in [5.41, 5.74) is 7.02. The van der Waals surface area contributed by atoms with Gasteiger partial charge in [-0.1, -0.05) is 20.8 Å². The number of amides is 2. The van der Waals surface area contributed by atoms with Crippen LogP contribution in [0.4, 0.5) is 0 Å². The van der Waals surface area contributed by atoms with Crippen LogP contribution in [0.3, 0.4) is 0 Å². The summed E-state index contributed by atoms with van der Waals surface area (Å²) in [6.07, 6.45) is 3.11. The van der Waals surface area contributed by atoms with Crippen molar-refractivity contribution in [3.63, 3.8) is 0 Å². The molecule has 1 aromatic rings. The fraction of sp³-hybridized carbons (Fsp3) is 0.579. The lowest BCUT2D eigenvalue weighted by molar-refractivity contribution is 0.0623. The zero-order chi connectivity index (χ0) is 17.7. The molecule has 1 atom stereocenters. The van der Waals surface area contributed by atoms with Gasteiger partial charge < -0.3 is 16.0 Å². The molecule has 3 N–H and O–H groups in total. The van der Waals surface area contributed by atoms with Crippen LogP contribution in [-0.2, 0) is 0 Å². The third-order valence-corrected chi connectivity index (χ3v) is 4.33. The second-order valence-electron chi connectivity index (χ2n) is 7.70. The summed E-state index contributed by atoms with van der Waals surface area (Å²) < 4.78 is 0. The van der Waals surface area contributed by atoms with E-state index >= 15 is 0 Å². The van der Waals surface area contributed by atoms with E-state index in [2.05, 4.69) is 26.1 Å². The van der Waals surface area contributed by atoms with E-state index in [1.54, 1.807) is 24.3 Å². The van der Waals surface area contributed by atoms with Gasteiger partial charge in [-0.15, -0.1) is 0 Å². The van der Waals surface area contributed by atoms with Crippen molar-refractivity contribution in [2.24, 2.45) is 11.1 Å². The summed E-state index contributed by atoms with van der Waals surface area (Å²) in [6, 6.07) is 7.02. The maximum absolute atomic E-state index is 12.7. The Balaban J connectivity index is 2.03. The highest BCUT2D eigenvalue weighted by atomic mass is 16.2. The van der Waals surface area contributed by atoms with Gasteiger partial charge in [0, 0.05) is 36.8 Å². The first-order valence-electron chi connectivity index (χ1n) is 8.71. The van der Waals surface area contributed by atoms with Crippen molar-refractivity contribution in [2.75, 3.05) is 19.6 Å². The molecule has 0 aromatic heterocycles. The van der Waals surface area contributed by atoms with Crippen LogP contribution in [0.1, 0.15) is 60.7 Å². The molecule has 0 saturated carbocycles. The summed E-state index contributed by atoms with van der Waals surface area (Å²) in [6.45, 7) is 8.08. The maximum atomic E-state index is 12.7. The van der Waals surface area contributed by atoms with E-state index in [0.717, 1.165) is 25.8 Å². The molecule has 1 heterocycles. The molecule has 0 radical (unpaired) electrons. The molecular weight excluding hydrogens is 302 g/mol. The minimum atomic E-state index is -0.110. The van der Waals surface area contributed by atoms with Gasteiger partial charge in [-0.25, -0.2) is 0 Å². The van der Waals surface area contributed by atoms with Gasteiger partial charge in [-0.2, -0.15) is 0 Å². The highest BCUT2D eigenvalue weighted by Gasteiger charge is 2.26. The normalized spacial score (nSPS) is 18.3. The molecule has 1 unspecified atom stereocenters. The van der Waals surface area contributed by atoms with E-state index in [0.29, 0.717) is 24.2 Å². The standard InChI is InChI=1S/C19H29N3O2/c1-19(2,3)13-21-17(23)14-7-9-15(10-8-14)18(24)22-11-5-4-6-16(22)12-20/h7-10,16H,4-6,11-13,20H2,1-3H3,(H,21,23). The minimum Gasteiger partial charge on any atom is -0.352 e. The van der Waals surface area contributed by atoms with Crippen molar-refractivity contribution in [3.05, 3.63) is 35.4 Å². The van der Waals surface area contributed by atoms with Gasteiger partial charge in [0.1, 0.15) is 0 Å². The first kappa shape index (κ1) is 18.5. The van der Waals surface area contributed by atoms with E-state index in [4.69, 9.17) is 5.73 Å². The van der Waals surface area contributed by atoms with E-state index in [-0.39, 0.29) is 23.3 Å². The molecule has 1 aliphatic rings. The van der Waals surface area contributed by atoms with Crippen molar-refractivity contribution < 1.29 is 9.59 Å². The number of nitrogens with one attached hydrogen (secondary N) is 1. The molecule has 5 heteroatoms. The number of rotatable bonds is 4. The average Bonchev–Trinajstić information content (AvgIpc) is 2.58. The molecule has 24 heavy (non-hydrogen) atoms. The number of benzene rings is 1. The largest absolute Gasteiger partial charge is 0.352 e. The van der Waals surface area contributed by atoms with Crippen LogP contribution < -0.4 is 11.1 Å². The Morgan fingerprint density at radius 1 is 1.17 bits per heavy atom. The van der Waals surface area contributed by atoms with Gasteiger partial charge >= 0.3 is 0 Å². The third-order valence-electron chi connectivity index (χ3n) is 4.33. The predicted octanol–water partition coefficient (Wildman–Crippen LogP) is 2.42.